The Morgan fingerprint density at radius 2 is 1.61 bits per heavy atom. The van der Waals surface area contributed by atoms with Gasteiger partial charge in [0.25, 0.3) is 0 Å². The average molecular weight is 471 g/mol. The van der Waals surface area contributed by atoms with Crippen LogP contribution in [0.3, 0.4) is 0 Å². The van der Waals surface area contributed by atoms with Crippen molar-refractivity contribution in [1.29, 1.82) is 0 Å². The third-order valence-electron chi connectivity index (χ3n) is 5.36. The van der Waals surface area contributed by atoms with E-state index in [0.29, 0.717) is 13.2 Å². The summed E-state index contributed by atoms with van der Waals surface area (Å²) in [6, 6.07) is 21.7. The Morgan fingerprint density at radius 1 is 1.03 bits per heavy atom. The predicted octanol–water partition coefficient (Wildman–Crippen LogP) is 5.72. The highest BCUT2D eigenvalue weighted by Gasteiger charge is 2.55. The van der Waals surface area contributed by atoms with Gasteiger partial charge in [-0.3, -0.25) is 10.1 Å². The molecule has 0 atom stereocenters. The molecule has 3 aromatic rings. The maximum atomic E-state index is 13.3. The van der Waals surface area contributed by atoms with Crippen molar-refractivity contribution in [2.75, 3.05) is 18.5 Å². The molecule has 6 nitrogen and oxygen atoms in total. The number of hydrogen-bond acceptors (Lipinski definition) is 5. The zero-order valence-corrected chi connectivity index (χ0v) is 20.1. The van der Waals surface area contributed by atoms with Crippen LogP contribution in [0, 0.1) is 15.9 Å². The Kier molecular flexibility index (Phi) is 8.11. The fourth-order valence-corrected chi connectivity index (χ4v) is 8.00. The van der Waals surface area contributed by atoms with Crippen LogP contribution in [0.5, 0.6) is 0 Å². The van der Waals surface area contributed by atoms with Crippen LogP contribution in [0.2, 0.25) is 0 Å². The van der Waals surface area contributed by atoms with Gasteiger partial charge in [0.05, 0.1) is 23.8 Å². The van der Waals surface area contributed by atoms with Gasteiger partial charge in [0.15, 0.2) is 0 Å². The summed E-state index contributed by atoms with van der Waals surface area (Å²) in [6.07, 6.45) is 2.46. The summed E-state index contributed by atoms with van der Waals surface area (Å²) in [5.41, 5.74) is -0.364. The molecule has 3 rings (SSSR count). The molecule has 0 spiro atoms. The van der Waals surface area contributed by atoms with Gasteiger partial charge in [0, 0.05) is 6.54 Å². The second-order valence-electron chi connectivity index (χ2n) is 8.70. The topological polar surface area (TPSA) is 77.3 Å². The molecule has 0 aliphatic rings. The van der Waals surface area contributed by atoms with Crippen molar-refractivity contribution >= 4 is 29.6 Å². The van der Waals surface area contributed by atoms with Gasteiger partial charge in [-0.15, -0.1) is 0 Å². The minimum atomic E-state index is -2.18. The van der Waals surface area contributed by atoms with E-state index in [-0.39, 0.29) is 16.7 Å². The van der Waals surface area contributed by atoms with Crippen LogP contribution in [0.4, 0.5) is 15.9 Å². The number of pyridine rings is 1. The third kappa shape index (κ3) is 5.73. The summed E-state index contributed by atoms with van der Waals surface area (Å²) in [7, 11) is -2.18. The second-order valence-corrected chi connectivity index (χ2v) is 12.5. The van der Waals surface area contributed by atoms with E-state index in [1.54, 1.807) is 0 Å². The number of nitrogens with zero attached hydrogens (tertiary/aromatic N) is 2. The molecule has 2 aromatic carbocycles. The quantitative estimate of drug-likeness (QED) is 0.178. The molecule has 174 valence electrons. The Bertz CT molecular complexity index is 1020. The molecule has 0 unspecified atom stereocenters. The lowest BCUT2D eigenvalue weighted by Crippen LogP contribution is -2.37. The Labute approximate surface area is 194 Å². The van der Waals surface area contributed by atoms with Crippen molar-refractivity contribution in [3.05, 3.63) is 88.9 Å². The zero-order chi connectivity index (χ0) is 23.9. The number of nitrogens with one attached hydrogen (secondary N) is 1. The first-order valence-corrected chi connectivity index (χ1v) is 12.6. The number of nitro groups is 1. The van der Waals surface area contributed by atoms with Crippen LogP contribution in [0.25, 0.3) is 0 Å². The number of hydrogen-bond donors (Lipinski definition) is 1. The van der Waals surface area contributed by atoms with E-state index in [1.807, 2.05) is 12.1 Å². The van der Waals surface area contributed by atoms with Crippen LogP contribution < -0.4 is 15.9 Å². The Morgan fingerprint density at radius 3 is 2.12 bits per heavy atom. The van der Waals surface area contributed by atoms with Crippen LogP contribution >= 0.6 is 7.49 Å². The van der Waals surface area contributed by atoms with Crippen LogP contribution in [0.1, 0.15) is 33.6 Å². The van der Waals surface area contributed by atoms with Gasteiger partial charge in [-0.2, -0.15) is 0 Å². The molecule has 0 aliphatic heterocycles. The monoisotopic (exact) mass is 470 g/mol. The van der Waals surface area contributed by atoms with E-state index in [0.717, 1.165) is 25.1 Å². The van der Waals surface area contributed by atoms with Gasteiger partial charge in [-0.05, 0) is 57.9 Å². The minimum Gasteiger partial charge on any atom is -0.364 e. The van der Waals surface area contributed by atoms with Crippen LogP contribution in [0.15, 0.2) is 72.9 Å². The number of rotatable bonds is 10. The van der Waals surface area contributed by atoms with Gasteiger partial charge in [-0.25, -0.2) is 13.9 Å². The molecule has 0 amide bonds. The van der Waals surface area contributed by atoms with Crippen LogP contribution in [-0.4, -0.2) is 28.2 Å². The molecule has 33 heavy (non-hydrogen) atoms. The fourth-order valence-electron chi connectivity index (χ4n) is 3.88. The molecule has 0 fully saturated rings. The summed E-state index contributed by atoms with van der Waals surface area (Å²) < 4.78 is 20.1. The van der Waals surface area contributed by atoms with Gasteiger partial charge >= 0.3 is 5.69 Å². The summed E-state index contributed by atoms with van der Waals surface area (Å²) in [5.74, 6) is -0.655. The lowest BCUT2D eigenvalue weighted by Gasteiger charge is -2.36. The van der Waals surface area contributed by atoms with Crippen molar-refractivity contribution in [2.24, 2.45) is 0 Å². The molecule has 1 N–H and O–H groups in total. The summed E-state index contributed by atoms with van der Waals surface area (Å²) >= 11 is 0. The highest BCUT2D eigenvalue weighted by Crippen LogP contribution is 2.67. The number of unbranched alkanes of at least 4 members (excludes halogenated alkanes) is 1. The standard InChI is InChI=1S/C25H30FN3O3P/c1-25(2,3)33(21-12-6-4-7-13-21,22-14-8-5-9-15-22)32-17-11-10-16-27-24-23(29(30)31)18-20(26)19-28-24/h4-9,12-15,18-19H,10-11,16-17H2,1-3H3,(H,27,28)/q+1. The first-order valence-electron chi connectivity index (χ1n) is 10.9. The fraction of sp³-hybridized carbons (Fsp3) is 0.320. The Hall–Kier alpha value is -2.89. The summed E-state index contributed by atoms with van der Waals surface area (Å²) in [6.45, 7) is 7.70. The maximum Gasteiger partial charge on any atom is 0.314 e. The third-order valence-corrected chi connectivity index (χ3v) is 9.87. The van der Waals surface area contributed by atoms with Crippen molar-refractivity contribution in [2.45, 2.75) is 38.8 Å². The highest BCUT2D eigenvalue weighted by molar-refractivity contribution is 7.86. The van der Waals surface area contributed by atoms with Gasteiger partial charge in [-0.1, -0.05) is 36.4 Å². The first-order chi connectivity index (χ1) is 15.8. The molecule has 0 radical (unpaired) electrons. The predicted molar refractivity (Wildman–Crippen MR) is 133 cm³/mol. The molecular formula is C25H30FN3O3P+. The van der Waals surface area contributed by atoms with Gasteiger partial charge < -0.3 is 5.32 Å². The number of benzene rings is 2. The normalized spacial score (nSPS) is 11.9. The molecule has 8 heteroatoms. The minimum absolute atomic E-state index is 0.0763. The average Bonchev–Trinajstić information content (AvgIpc) is 2.79. The van der Waals surface area contributed by atoms with Gasteiger partial charge in [0.1, 0.15) is 21.6 Å². The zero-order valence-electron chi connectivity index (χ0n) is 19.2. The van der Waals surface area contributed by atoms with Crippen molar-refractivity contribution in [3.8, 4) is 0 Å². The van der Waals surface area contributed by atoms with E-state index >= 15 is 0 Å². The highest BCUT2D eigenvalue weighted by atomic mass is 31.2. The first kappa shape index (κ1) is 24.7. The number of aromatic nitrogens is 1. The number of anilines is 1. The second kappa shape index (κ2) is 10.8. The SMILES string of the molecule is CC(C)(C)[P+](OCCCCNc1ncc(F)cc1[N+](=O)[O-])(c1ccccc1)c1ccccc1. The van der Waals surface area contributed by atoms with Crippen molar-refractivity contribution < 1.29 is 13.8 Å². The molecule has 0 aliphatic carbocycles. The van der Waals surface area contributed by atoms with E-state index in [2.05, 4.69) is 79.6 Å². The van der Waals surface area contributed by atoms with E-state index < -0.39 is 18.2 Å². The molecular weight excluding hydrogens is 440 g/mol. The van der Waals surface area contributed by atoms with Crippen molar-refractivity contribution in [3.63, 3.8) is 0 Å². The van der Waals surface area contributed by atoms with Gasteiger partial charge in [0.2, 0.25) is 13.3 Å². The molecule has 1 heterocycles. The van der Waals surface area contributed by atoms with Crippen molar-refractivity contribution in [1.82, 2.24) is 4.98 Å². The molecule has 0 saturated heterocycles. The Balaban J connectivity index is 1.70. The van der Waals surface area contributed by atoms with E-state index in [1.165, 1.54) is 10.6 Å². The summed E-state index contributed by atoms with van der Waals surface area (Å²) in [4.78, 5) is 14.3. The molecule has 0 saturated carbocycles. The smallest absolute Gasteiger partial charge is 0.314 e. The molecule has 0 bridgehead atoms. The molecule has 1 aromatic heterocycles. The van der Waals surface area contributed by atoms with Crippen LogP contribution in [-0.2, 0) is 4.52 Å². The summed E-state index contributed by atoms with van der Waals surface area (Å²) in [5, 5.41) is 16.4. The van der Waals surface area contributed by atoms with E-state index in [9.17, 15) is 14.5 Å². The lowest BCUT2D eigenvalue weighted by molar-refractivity contribution is -0.384. The number of halogens is 1. The van der Waals surface area contributed by atoms with E-state index in [4.69, 9.17) is 4.52 Å². The lowest BCUT2D eigenvalue weighted by atomic mass is 10.3. The largest absolute Gasteiger partial charge is 0.364 e. The maximum absolute atomic E-state index is 13.3.